The molecule has 1 atom stereocenters. The fourth-order valence-corrected chi connectivity index (χ4v) is 2.77. The molecular formula is C20H22N2O3. The monoisotopic (exact) mass is 338 g/mol. The van der Waals surface area contributed by atoms with Gasteiger partial charge in [0, 0.05) is 29.7 Å². The number of methoxy groups -OCH3 is 1. The number of alkyl carbamates (subject to hydrolysis) is 1. The lowest BCUT2D eigenvalue weighted by Gasteiger charge is -2.16. The SMILES string of the molecule is COc1ccc2c(ccn2C[C@@H](C)NC(=O)OCc2ccccc2)c1. The molecule has 0 saturated carbocycles. The van der Waals surface area contributed by atoms with Gasteiger partial charge in [-0.05, 0) is 36.8 Å². The van der Waals surface area contributed by atoms with Gasteiger partial charge in [0.2, 0.25) is 0 Å². The number of benzene rings is 2. The number of hydrogen-bond donors (Lipinski definition) is 1. The first kappa shape index (κ1) is 16.9. The van der Waals surface area contributed by atoms with Crippen molar-refractivity contribution in [1.29, 1.82) is 0 Å². The molecule has 0 fully saturated rings. The molecule has 25 heavy (non-hydrogen) atoms. The van der Waals surface area contributed by atoms with Crippen molar-refractivity contribution in [3.05, 3.63) is 66.4 Å². The number of rotatable bonds is 6. The zero-order chi connectivity index (χ0) is 17.6. The molecule has 3 rings (SSSR count). The highest BCUT2D eigenvalue weighted by Crippen LogP contribution is 2.22. The van der Waals surface area contributed by atoms with Gasteiger partial charge in [-0.3, -0.25) is 0 Å². The van der Waals surface area contributed by atoms with Crippen LogP contribution in [0.2, 0.25) is 0 Å². The largest absolute Gasteiger partial charge is 0.497 e. The van der Waals surface area contributed by atoms with E-state index in [0.29, 0.717) is 6.54 Å². The summed E-state index contributed by atoms with van der Waals surface area (Å²) in [6.45, 7) is 2.89. The average molecular weight is 338 g/mol. The normalized spacial score (nSPS) is 11.9. The van der Waals surface area contributed by atoms with Crippen LogP contribution >= 0.6 is 0 Å². The van der Waals surface area contributed by atoms with Gasteiger partial charge in [0.15, 0.2) is 0 Å². The van der Waals surface area contributed by atoms with Crippen LogP contribution in [0.25, 0.3) is 10.9 Å². The van der Waals surface area contributed by atoms with Crippen LogP contribution in [0.1, 0.15) is 12.5 Å². The number of carbonyl (C=O) groups excluding carboxylic acids is 1. The van der Waals surface area contributed by atoms with Gasteiger partial charge in [-0.1, -0.05) is 30.3 Å². The predicted octanol–water partition coefficient (Wildman–Crippen LogP) is 3.96. The Balaban J connectivity index is 1.55. The molecular weight excluding hydrogens is 316 g/mol. The van der Waals surface area contributed by atoms with E-state index >= 15 is 0 Å². The van der Waals surface area contributed by atoms with Gasteiger partial charge in [0.25, 0.3) is 0 Å². The van der Waals surface area contributed by atoms with Crippen LogP contribution < -0.4 is 10.1 Å². The van der Waals surface area contributed by atoms with E-state index in [-0.39, 0.29) is 12.6 Å². The second-order valence-electron chi connectivity index (χ2n) is 6.00. The van der Waals surface area contributed by atoms with E-state index in [1.54, 1.807) is 7.11 Å². The Bertz CT molecular complexity index is 843. The lowest BCUT2D eigenvalue weighted by Crippen LogP contribution is -2.35. The van der Waals surface area contributed by atoms with E-state index in [2.05, 4.69) is 9.88 Å². The van der Waals surface area contributed by atoms with Crippen LogP contribution in [-0.2, 0) is 17.9 Å². The van der Waals surface area contributed by atoms with Crippen LogP contribution in [0.3, 0.4) is 0 Å². The number of nitrogens with zero attached hydrogens (tertiary/aromatic N) is 1. The summed E-state index contributed by atoms with van der Waals surface area (Å²) in [5.41, 5.74) is 2.07. The predicted molar refractivity (Wildman–Crippen MR) is 97.7 cm³/mol. The molecule has 0 aliphatic carbocycles. The number of amides is 1. The van der Waals surface area contributed by atoms with Gasteiger partial charge in [0.05, 0.1) is 7.11 Å². The highest BCUT2D eigenvalue weighted by atomic mass is 16.5. The Morgan fingerprint density at radius 2 is 1.96 bits per heavy atom. The van der Waals surface area contributed by atoms with Crippen molar-refractivity contribution in [3.8, 4) is 5.75 Å². The van der Waals surface area contributed by atoms with Crippen LogP contribution in [0, 0.1) is 0 Å². The number of fused-ring (bicyclic) bond motifs is 1. The van der Waals surface area contributed by atoms with Crippen LogP contribution in [0.5, 0.6) is 5.75 Å². The molecule has 0 bridgehead atoms. The van der Waals surface area contributed by atoms with Gasteiger partial charge in [-0.2, -0.15) is 0 Å². The minimum atomic E-state index is -0.408. The summed E-state index contributed by atoms with van der Waals surface area (Å²) >= 11 is 0. The van der Waals surface area contributed by atoms with Crippen LogP contribution in [0.4, 0.5) is 4.79 Å². The average Bonchev–Trinajstić information content (AvgIpc) is 3.02. The van der Waals surface area contributed by atoms with E-state index in [1.807, 2.05) is 67.7 Å². The molecule has 5 nitrogen and oxygen atoms in total. The summed E-state index contributed by atoms with van der Waals surface area (Å²) in [6.07, 6.45) is 1.60. The van der Waals surface area contributed by atoms with Crippen molar-refractivity contribution in [2.75, 3.05) is 7.11 Å². The number of carbonyl (C=O) groups is 1. The van der Waals surface area contributed by atoms with Crippen LogP contribution in [0.15, 0.2) is 60.8 Å². The Morgan fingerprint density at radius 1 is 1.16 bits per heavy atom. The minimum Gasteiger partial charge on any atom is -0.497 e. The lowest BCUT2D eigenvalue weighted by atomic mass is 10.2. The second kappa shape index (κ2) is 7.75. The number of ether oxygens (including phenoxy) is 2. The number of hydrogen-bond acceptors (Lipinski definition) is 3. The van der Waals surface area contributed by atoms with Crippen molar-refractivity contribution in [2.45, 2.75) is 26.1 Å². The van der Waals surface area contributed by atoms with Gasteiger partial charge >= 0.3 is 6.09 Å². The Morgan fingerprint density at radius 3 is 2.72 bits per heavy atom. The second-order valence-corrected chi connectivity index (χ2v) is 6.00. The van der Waals surface area contributed by atoms with Crippen molar-refractivity contribution >= 4 is 17.0 Å². The lowest BCUT2D eigenvalue weighted by molar-refractivity contribution is 0.135. The minimum absolute atomic E-state index is 0.0547. The summed E-state index contributed by atoms with van der Waals surface area (Å²) in [4.78, 5) is 11.9. The molecule has 130 valence electrons. The zero-order valence-electron chi connectivity index (χ0n) is 14.4. The third-order valence-corrected chi connectivity index (χ3v) is 4.03. The van der Waals surface area contributed by atoms with Gasteiger partial charge in [-0.15, -0.1) is 0 Å². The molecule has 1 aromatic heterocycles. The van der Waals surface area contributed by atoms with Crippen molar-refractivity contribution in [2.24, 2.45) is 0 Å². The maximum Gasteiger partial charge on any atom is 0.407 e. The summed E-state index contributed by atoms with van der Waals surface area (Å²) in [7, 11) is 1.66. The van der Waals surface area contributed by atoms with Gasteiger partial charge < -0.3 is 19.4 Å². The van der Waals surface area contributed by atoms with Crippen molar-refractivity contribution in [1.82, 2.24) is 9.88 Å². The molecule has 0 spiro atoms. The quantitative estimate of drug-likeness (QED) is 0.740. The highest BCUT2D eigenvalue weighted by molar-refractivity contribution is 5.81. The molecule has 3 aromatic rings. The third-order valence-electron chi connectivity index (χ3n) is 4.03. The maximum absolute atomic E-state index is 11.9. The third kappa shape index (κ3) is 4.32. The Kier molecular flexibility index (Phi) is 5.23. The first-order valence-electron chi connectivity index (χ1n) is 8.26. The van der Waals surface area contributed by atoms with Crippen molar-refractivity contribution in [3.63, 3.8) is 0 Å². The smallest absolute Gasteiger partial charge is 0.407 e. The fourth-order valence-electron chi connectivity index (χ4n) is 2.77. The summed E-state index contributed by atoms with van der Waals surface area (Å²) in [5.74, 6) is 0.834. The molecule has 0 unspecified atom stereocenters. The molecule has 1 N–H and O–H groups in total. The Labute approximate surface area is 147 Å². The number of nitrogens with one attached hydrogen (secondary N) is 1. The molecule has 1 amide bonds. The van der Waals surface area contributed by atoms with E-state index < -0.39 is 6.09 Å². The maximum atomic E-state index is 11.9. The van der Waals surface area contributed by atoms with E-state index in [4.69, 9.17) is 9.47 Å². The van der Waals surface area contributed by atoms with Gasteiger partial charge in [-0.25, -0.2) is 4.79 Å². The first-order valence-corrected chi connectivity index (χ1v) is 8.26. The van der Waals surface area contributed by atoms with Crippen LogP contribution in [-0.4, -0.2) is 23.8 Å². The van der Waals surface area contributed by atoms with E-state index in [1.165, 1.54) is 0 Å². The molecule has 0 aliphatic rings. The fraction of sp³-hybridized carbons (Fsp3) is 0.250. The number of aromatic nitrogens is 1. The van der Waals surface area contributed by atoms with E-state index in [9.17, 15) is 4.79 Å². The van der Waals surface area contributed by atoms with E-state index in [0.717, 1.165) is 22.2 Å². The zero-order valence-corrected chi connectivity index (χ0v) is 14.4. The summed E-state index contributed by atoms with van der Waals surface area (Å²) < 4.78 is 12.6. The Hall–Kier alpha value is -2.95. The standard InChI is InChI=1S/C20H22N2O3/c1-15(21-20(23)25-14-16-6-4-3-5-7-16)13-22-11-10-17-12-18(24-2)8-9-19(17)22/h3-12,15H,13-14H2,1-2H3,(H,21,23)/t15-/m1/s1. The topological polar surface area (TPSA) is 52.5 Å². The first-order chi connectivity index (χ1) is 12.2. The summed E-state index contributed by atoms with van der Waals surface area (Å²) in [5, 5.41) is 3.98. The summed E-state index contributed by atoms with van der Waals surface area (Å²) in [6, 6.07) is 17.6. The van der Waals surface area contributed by atoms with Gasteiger partial charge in [0.1, 0.15) is 12.4 Å². The molecule has 0 saturated heterocycles. The molecule has 0 radical (unpaired) electrons. The molecule has 2 aromatic carbocycles. The highest BCUT2D eigenvalue weighted by Gasteiger charge is 2.11. The van der Waals surface area contributed by atoms with Crippen molar-refractivity contribution < 1.29 is 14.3 Å². The molecule has 5 heteroatoms. The molecule has 1 heterocycles. The molecule has 0 aliphatic heterocycles.